The number of nitrogens with zero attached hydrogens (tertiary/aromatic N) is 3. The molecular weight excluding hydrogens is 557 g/mol. The van der Waals surface area contributed by atoms with Gasteiger partial charge in [0, 0.05) is 53.1 Å². The summed E-state index contributed by atoms with van der Waals surface area (Å²) in [6.07, 6.45) is 9.75. The molecule has 1 aliphatic rings. The maximum Gasteiger partial charge on any atom is 0.254 e. The first-order valence-corrected chi connectivity index (χ1v) is 14.2. The van der Waals surface area contributed by atoms with E-state index in [4.69, 9.17) is 16.6 Å². The summed E-state index contributed by atoms with van der Waals surface area (Å²) in [7, 11) is 3.78. The van der Waals surface area contributed by atoms with Gasteiger partial charge in [0.05, 0.1) is 22.5 Å². The highest BCUT2D eigenvalue weighted by Crippen LogP contribution is 2.33. The van der Waals surface area contributed by atoms with E-state index in [-0.39, 0.29) is 29.2 Å². The molecule has 0 saturated heterocycles. The third-order valence-electron chi connectivity index (χ3n) is 7.15. The van der Waals surface area contributed by atoms with Crippen molar-refractivity contribution in [3.05, 3.63) is 83.4 Å². The maximum absolute atomic E-state index is 14.8. The molecule has 2 atom stereocenters. The van der Waals surface area contributed by atoms with Crippen LogP contribution in [0.25, 0.3) is 22.2 Å². The normalized spacial score (nSPS) is 17.1. The average molecular weight is 590 g/mol. The van der Waals surface area contributed by atoms with Crippen molar-refractivity contribution >= 4 is 46.0 Å². The second-order valence-corrected chi connectivity index (χ2v) is 11.1. The molecule has 218 valence electrons. The maximum atomic E-state index is 14.8. The van der Waals surface area contributed by atoms with Gasteiger partial charge in [0.15, 0.2) is 0 Å². The van der Waals surface area contributed by atoms with Crippen molar-refractivity contribution in [2.45, 2.75) is 37.8 Å². The van der Waals surface area contributed by atoms with E-state index in [2.05, 4.69) is 25.9 Å². The molecule has 1 aliphatic carbocycles. The lowest BCUT2D eigenvalue weighted by Crippen LogP contribution is -2.42. The molecule has 2 aromatic heterocycles. The van der Waals surface area contributed by atoms with Crippen LogP contribution in [0.4, 0.5) is 16.0 Å². The number of amides is 2. The van der Waals surface area contributed by atoms with Crippen molar-refractivity contribution in [2.24, 2.45) is 0 Å². The van der Waals surface area contributed by atoms with Gasteiger partial charge in [-0.1, -0.05) is 35.9 Å². The molecule has 2 heterocycles. The van der Waals surface area contributed by atoms with Gasteiger partial charge >= 0.3 is 0 Å². The molecule has 9 nitrogen and oxygen atoms in total. The first-order chi connectivity index (χ1) is 20.3. The van der Waals surface area contributed by atoms with Gasteiger partial charge in [0.2, 0.25) is 11.9 Å². The summed E-state index contributed by atoms with van der Waals surface area (Å²) in [5.74, 6) is -1.11. The van der Waals surface area contributed by atoms with Crippen LogP contribution in [0.5, 0.6) is 0 Å². The van der Waals surface area contributed by atoms with Gasteiger partial charge in [-0.2, -0.15) is 0 Å². The number of likely N-dealkylation sites (N-methyl/N-ethyl adjacent to an activating group) is 1. The zero-order chi connectivity index (χ0) is 29.6. The summed E-state index contributed by atoms with van der Waals surface area (Å²) in [6, 6.07) is 11.9. The van der Waals surface area contributed by atoms with E-state index in [0.29, 0.717) is 29.6 Å². The molecule has 2 amide bonds. The van der Waals surface area contributed by atoms with E-state index in [1.165, 1.54) is 18.2 Å². The molecule has 0 radical (unpaired) electrons. The van der Waals surface area contributed by atoms with Crippen LogP contribution >= 0.6 is 11.6 Å². The number of carbonyl (C=O) groups is 2. The molecule has 11 heteroatoms. The average Bonchev–Trinajstić information content (AvgIpc) is 3.38. The molecule has 42 heavy (non-hydrogen) atoms. The number of fused-ring (bicyclic) bond motifs is 1. The van der Waals surface area contributed by atoms with Crippen LogP contribution in [0.1, 0.15) is 36.0 Å². The lowest BCUT2D eigenvalue weighted by Gasteiger charge is -2.30. The minimum atomic E-state index is -0.701. The molecule has 1 saturated carbocycles. The number of rotatable bonds is 9. The van der Waals surface area contributed by atoms with Crippen LogP contribution in [0.2, 0.25) is 5.02 Å². The number of hydrogen-bond donors (Lipinski definition) is 4. The fourth-order valence-electron chi connectivity index (χ4n) is 5.12. The number of anilines is 2. The SMILES string of the molecule is CN(C)CC=CC(=O)Nc1ccc(C(=O)N[C@H]2CCC[C@@H](Nc3ncc(Cl)c(-c4c[nH]c5ccccc45)n3)C2)c(F)c1. The van der Waals surface area contributed by atoms with Crippen molar-refractivity contribution in [1.82, 2.24) is 25.2 Å². The number of aromatic nitrogens is 3. The molecule has 0 aliphatic heterocycles. The Kier molecular flexibility index (Phi) is 9.14. The van der Waals surface area contributed by atoms with Crippen molar-refractivity contribution < 1.29 is 14.0 Å². The zero-order valence-corrected chi connectivity index (χ0v) is 24.2. The van der Waals surface area contributed by atoms with Crippen LogP contribution in [0.3, 0.4) is 0 Å². The minimum absolute atomic E-state index is 0.0176. The number of carbonyl (C=O) groups excluding carboxylic acids is 2. The molecule has 0 unspecified atom stereocenters. The largest absolute Gasteiger partial charge is 0.360 e. The summed E-state index contributed by atoms with van der Waals surface area (Å²) in [5, 5.41) is 10.4. The fraction of sp³-hybridized carbons (Fsp3) is 0.290. The van der Waals surface area contributed by atoms with E-state index in [1.807, 2.05) is 49.5 Å². The van der Waals surface area contributed by atoms with Gasteiger partial charge < -0.3 is 25.8 Å². The third-order valence-corrected chi connectivity index (χ3v) is 7.43. The quantitative estimate of drug-likeness (QED) is 0.188. The highest BCUT2D eigenvalue weighted by atomic mass is 35.5. The smallest absolute Gasteiger partial charge is 0.254 e. The molecule has 0 bridgehead atoms. The number of benzene rings is 2. The summed E-state index contributed by atoms with van der Waals surface area (Å²) < 4.78 is 14.8. The van der Waals surface area contributed by atoms with Gasteiger partial charge in [0.1, 0.15) is 5.82 Å². The highest BCUT2D eigenvalue weighted by molar-refractivity contribution is 6.33. The number of halogens is 2. The number of para-hydroxylation sites is 1. The summed E-state index contributed by atoms with van der Waals surface area (Å²) in [5.41, 5.74) is 2.72. The molecule has 1 fully saturated rings. The Hall–Kier alpha value is -4.28. The number of nitrogens with one attached hydrogen (secondary N) is 4. The zero-order valence-electron chi connectivity index (χ0n) is 23.5. The lowest BCUT2D eigenvalue weighted by atomic mass is 9.91. The van der Waals surface area contributed by atoms with E-state index in [1.54, 1.807) is 12.3 Å². The first kappa shape index (κ1) is 29.2. The van der Waals surface area contributed by atoms with E-state index >= 15 is 0 Å². The molecule has 5 rings (SSSR count). The van der Waals surface area contributed by atoms with E-state index < -0.39 is 11.7 Å². The van der Waals surface area contributed by atoms with Crippen molar-refractivity contribution in [1.29, 1.82) is 0 Å². The van der Waals surface area contributed by atoms with Gasteiger partial charge in [0.25, 0.3) is 5.91 Å². The van der Waals surface area contributed by atoms with Crippen LogP contribution < -0.4 is 16.0 Å². The second-order valence-electron chi connectivity index (χ2n) is 10.7. The predicted octanol–water partition coefficient (Wildman–Crippen LogP) is 5.63. The molecular formula is C31H33ClFN7O2. The van der Waals surface area contributed by atoms with Gasteiger partial charge in [-0.15, -0.1) is 0 Å². The van der Waals surface area contributed by atoms with Crippen molar-refractivity contribution in [2.75, 3.05) is 31.3 Å². The summed E-state index contributed by atoms with van der Waals surface area (Å²) >= 11 is 6.48. The Morgan fingerprint density at radius 1 is 1.17 bits per heavy atom. The standard InChI is InChI=1S/C31H33ClFN7O2/c1-40(2)14-6-11-28(41)36-21-12-13-23(26(33)16-21)30(42)37-19-7-5-8-20(15-19)38-31-35-18-25(32)29(39-31)24-17-34-27-10-4-3-9-22(24)27/h3-4,6,9-13,16-20,34H,5,7-8,14-15H2,1-2H3,(H,36,41)(H,37,42)(H,35,38,39)/t19-,20+/m0/s1. The van der Waals surface area contributed by atoms with Gasteiger partial charge in [-0.3, -0.25) is 9.59 Å². The van der Waals surface area contributed by atoms with Crippen molar-refractivity contribution in [3.8, 4) is 11.3 Å². The molecule has 4 N–H and O–H groups in total. The van der Waals surface area contributed by atoms with E-state index in [9.17, 15) is 14.0 Å². The Balaban J connectivity index is 1.20. The van der Waals surface area contributed by atoms with Crippen LogP contribution in [-0.2, 0) is 4.79 Å². The Morgan fingerprint density at radius 2 is 1.98 bits per heavy atom. The predicted molar refractivity (Wildman–Crippen MR) is 164 cm³/mol. The van der Waals surface area contributed by atoms with Gasteiger partial charge in [-0.05, 0) is 64.0 Å². The monoisotopic (exact) mass is 589 g/mol. The Labute approximate surface area is 248 Å². The van der Waals surface area contributed by atoms with Crippen molar-refractivity contribution in [3.63, 3.8) is 0 Å². The molecule has 2 aromatic carbocycles. The van der Waals surface area contributed by atoms with Crippen LogP contribution in [0, 0.1) is 5.82 Å². The number of H-pyrrole nitrogens is 1. The highest BCUT2D eigenvalue weighted by Gasteiger charge is 2.25. The van der Waals surface area contributed by atoms with E-state index in [0.717, 1.165) is 41.8 Å². The number of aromatic amines is 1. The minimum Gasteiger partial charge on any atom is -0.360 e. The topological polar surface area (TPSA) is 115 Å². The number of hydrogen-bond acceptors (Lipinski definition) is 6. The second kappa shape index (κ2) is 13.1. The summed E-state index contributed by atoms with van der Waals surface area (Å²) in [6.45, 7) is 0.608. The third kappa shape index (κ3) is 7.13. The molecule has 4 aromatic rings. The lowest BCUT2D eigenvalue weighted by molar-refractivity contribution is -0.111. The van der Waals surface area contributed by atoms with Gasteiger partial charge in [-0.25, -0.2) is 14.4 Å². The fourth-order valence-corrected chi connectivity index (χ4v) is 5.32. The van der Waals surface area contributed by atoms with Crippen LogP contribution in [0.15, 0.2) is 67.0 Å². The molecule has 0 spiro atoms. The Morgan fingerprint density at radius 3 is 2.79 bits per heavy atom. The summed E-state index contributed by atoms with van der Waals surface area (Å²) in [4.78, 5) is 39.2. The first-order valence-electron chi connectivity index (χ1n) is 13.8. The Bertz CT molecular complexity index is 1620. The van der Waals surface area contributed by atoms with Crippen LogP contribution in [-0.4, -0.2) is 64.4 Å².